The molecular weight excluding hydrogens is 401 g/mol. The van der Waals surface area contributed by atoms with E-state index < -0.39 is 5.82 Å². The van der Waals surface area contributed by atoms with Gasteiger partial charge in [-0.15, -0.1) is 0 Å². The second-order valence-electron chi connectivity index (χ2n) is 5.64. The highest BCUT2D eigenvalue weighted by Crippen LogP contribution is 2.35. The molecule has 0 atom stereocenters. The van der Waals surface area contributed by atoms with Gasteiger partial charge in [-0.3, -0.25) is 4.79 Å². The number of ether oxygens (including phenoxy) is 1. The topological polar surface area (TPSA) is 78.8 Å². The standard InChI is InChI=1S/C19H13BrFN3O2/c1-11-7-14(23-24-19(11)25)9-13-5-6-16(20)18(17(13)21)26-15-4-2-3-12(8-15)10-22/h2-8H,9H2,1H3,(H,24,25). The van der Waals surface area contributed by atoms with Crippen molar-refractivity contribution in [3.8, 4) is 17.6 Å². The van der Waals surface area contributed by atoms with Gasteiger partial charge in [-0.25, -0.2) is 9.49 Å². The van der Waals surface area contributed by atoms with Gasteiger partial charge in [-0.1, -0.05) is 12.1 Å². The van der Waals surface area contributed by atoms with E-state index in [-0.39, 0.29) is 17.7 Å². The van der Waals surface area contributed by atoms with Gasteiger partial charge in [-0.05, 0) is 58.7 Å². The molecule has 0 aliphatic rings. The van der Waals surface area contributed by atoms with Gasteiger partial charge < -0.3 is 4.74 Å². The maximum atomic E-state index is 14.9. The number of H-pyrrole nitrogens is 1. The van der Waals surface area contributed by atoms with E-state index in [1.807, 2.05) is 6.07 Å². The summed E-state index contributed by atoms with van der Waals surface area (Å²) in [5.74, 6) is -0.148. The summed E-state index contributed by atoms with van der Waals surface area (Å²) in [5.41, 5.74) is 1.58. The van der Waals surface area contributed by atoms with Gasteiger partial charge in [0.2, 0.25) is 0 Å². The zero-order valence-electron chi connectivity index (χ0n) is 13.7. The Labute approximate surface area is 157 Å². The van der Waals surface area contributed by atoms with Crippen LogP contribution >= 0.6 is 15.9 Å². The van der Waals surface area contributed by atoms with Gasteiger partial charge in [-0.2, -0.15) is 10.4 Å². The van der Waals surface area contributed by atoms with Crippen molar-refractivity contribution in [2.75, 3.05) is 0 Å². The van der Waals surface area contributed by atoms with Gasteiger partial charge >= 0.3 is 0 Å². The van der Waals surface area contributed by atoms with Crippen LogP contribution in [0.15, 0.2) is 51.7 Å². The second-order valence-corrected chi connectivity index (χ2v) is 6.49. The molecule has 3 aromatic rings. The van der Waals surface area contributed by atoms with Crippen LogP contribution in [0.25, 0.3) is 0 Å². The van der Waals surface area contributed by atoms with E-state index in [1.165, 1.54) is 6.07 Å². The molecule has 130 valence electrons. The van der Waals surface area contributed by atoms with Crippen molar-refractivity contribution < 1.29 is 9.13 Å². The molecule has 7 heteroatoms. The molecule has 1 aromatic heterocycles. The Morgan fingerprint density at radius 3 is 2.85 bits per heavy atom. The molecule has 0 unspecified atom stereocenters. The summed E-state index contributed by atoms with van der Waals surface area (Å²) in [6.45, 7) is 1.67. The van der Waals surface area contributed by atoms with E-state index in [4.69, 9.17) is 10.00 Å². The van der Waals surface area contributed by atoms with Crippen LogP contribution in [0.4, 0.5) is 4.39 Å². The Kier molecular flexibility index (Phi) is 5.14. The molecule has 1 N–H and O–H groups in total. The molecule has 0 saturated heterocycles. The lowest BCUT2D eigenvalue weighted by Crippen LogP contribution is -2.13. The minimum atomic E-state index is -0.535. The predicted molar refractivity (Wildman–Crippen MR) is 97.7 cm³/mol. The zero-order valence-corrected chi connectivity index (χ0v) is 15.3. The Hall–Kier alpha value is -2.98. The Morgan fingerprint density at radius 2 is 2.12 bits per heavy atom. The maximum Gasteiger partial charge on any atom is 0.267 e. The van der Waals surface area contributed by atoms with Crippen LogP contribution in [0.2, 0.25) is 0 Å². The van der Waals surface area contributed by atoms with Gasteiger partial charge in [0.1, 0.15) is 5.75 Å². The van der Waals surface area contributed by atoms with Crippen LogP contribution in [-0.4, -0.2) is 10.2 Å². The van der Waals surface area contributed by atoms with Gasteiger partial charge in [0.25, 0.3) is 5.56 Å². The SMILES string of the molecule is Cc1cc(Cc2ccc(Br)c(Oc3cccc(C#N)c3)c2F)n[nH]c1=O. The molecule has 2 aromatic carbocycles. The minimum Gasteiger partial charge on any atom is -0.453 e. The van der Waals surface area contributed by atoms with E-state index in [0.717, 1.165) is 0 Å². The van der Waals surface area contributed by atoms with Crippen LogP contribution < -0.4 is 10.3 Å². The van der Waals surface area contributed by atoms with Crippen LogP contribution in [0.5, 0.6) is 11.5 Å². The van der Waals surface area contributed by atoms with Crippen molar-refractivity contribution in [1.82, 2.24) is 10.2 Å². The number of rotatable bonds is 4. The molecule has 0 radical (unpaired) electrons. The highest BCUT2D eigenvalue weighted by atomic mass is 79.9. The summed E-state index contributed by atoms with van der Waals surface area (Å²) in [4.78, 5) is 11.4. The Balaban J connectivity index is 1.94. The van der Waals surface area contributed by atoms with Crippen LogP contribution in [-0.2, 0) is 6.42 Å². The molecule has 26 heavy (non-hydrogen) atoms. The number of hydrogen-bond donors (Lipinski definition) is 1. The summed E-state index contributed by atoms with van der Waals surface area (Å²) >= 11 is 3.29. The minimum absolute atomic E-state index is 0.0266. The third kappa shape index (κ3) is 3.81. The quantitative estimate of drug-likeness (QED) is 0.693. The largest absolute Gasteiger partial charge is 0.453 e. The maximum absolute atomic E-state index is 14.9. The highest BCUT2D eigenvalue weighted by molar-refractivity contribution is 9.10. The highest BCUT2D eigenvalue weighted by Gasteiger charge is 2.16. The lowest BCUT2D eigenvalue weighted by molar-refractivity contribution is 0.436. The summed E-state index contributed by atoms with van der Waals surface area (Å²) in [6, 6.07) is 13.4. The van der Waals surface area contributed by atoms with Gasteiger partial charge in [0.15, 0.2) is 11.6 Å². The Bertz CT molecular complexity index is 1070. The molecule has 0 aliphatic carbocycles. The molecule has 0 aliphatic heterocycles. The summed E-state index contributed by atoms with van der Waals surface area (Å²) in [5, 5.41) is 15.3. The lowest BCUT2D eigenvalue weighted by Gasteiger charge is -2.12. The first-order valence-electron chi connectivity index (χ1n) is 7.68. The molecule has 0 spiro atoms. The molecular formula is C19H13BrFN3O2. The monoisotopic (exact) mass is 413 g/mol. The molecule has 0 bridgehead atoms. The van der Waals surface area contributed by atoms with Crippen molar-refractivity contribution >= 4 is 15.9 Å². The van der Waals surface area contributed by atoms with Crippen molar-refractivity contribution in [3.05, 3.63) is 85.5 Å². The normalized spacial score (nSPS) is 10.4. The number of aromatic nitrogens is 2. The molecule has 3 rings (SSSR count). The number of nitriles is 1. The summed E-state index contributed by atoms with van der Waals surface area (Å²) in [6.07, 6.45) is 0.200. The first kappa shape index (κ1) is 17.8. The number of aromatic amines is 1. The molecule has 0 fully saturated rings. The van der Waals surface area contributed by atoms with Crippen LogP contribution in [0.3, 0.4) is 0 Å². The zero-order chi connectivity index (χ0) is 18.7. The first-order valence-corrected chi connectivity index (χ1v) is 8.47. The number of nitrogens with one attached hydrogen (secondary N) is 1. The van der Waals surface area contributed by atoms with Gasteiger partial charge in [0, 0.05) is 12.0 Å². The first-order chi connectivity index (χ1) is 12.5. The number of nitrogens with zero attached hydrogens (tertiary/aromatic N) is 2. The van der Waals surface area contributed by atoms with E-state index >= 15 is 0 Å². The third-order valence-corrected chi connectivity index (χ3v) is 4.35. The van der Waals surface area contributed by atoms with Crippen LogP contribution in [0.1, 0.15) is 22.4 Å². The van der Waals surface area contributed by atoms with Crippen molar-refractivity contribution in [1.29, 1.82) is 5.26 Å². The summed E-state index contributed by atoms with van der Waals surface area (Å²) < 4.78 is 21.1. The molecule has 0 amide bonds. The molecule has 0 saturated carbocycles. The smallest absolute Gasteiger partial charge is 0.267 e. The number of benzene rings is 2. The molecule has 5 nitrogen and oxygen atoms in total. The fourth-order valence-corrected chi connectivity index (χ4v) is 2.78. The number of hydrogen-bond acceptors (Lipinski definition) is 4. The number of halogens is 2. The second kappa shape index (κ2) is 7.50. The number of aryl methyl sites for hydroxylation is 1. The van der Waals surface area contributed by atoms with Crippen LogP contribution in [0, 0.1) is 24.1 Å². The van der Waals surface area contributed by atoms with E-state index in [9.17, 15) is 9.18 Å². The average Bonchev–Trinajstić information content (AvgIpc) is 2.64. The van der Waals surface area contributed by atoms with Gasteiger partial charge in [0.05, 0.1) is 21.8 Å². The van der Waals surface area contributed by atoms with E-state index in [0.29, 0.717) is 32.6 Å². The summed E-state index contributed by atoms with van der Waals surface area (Å²) in [7, 11) is 0. The van der Waals surface area contributed by atoms with E-state index in [1.54, 1.807) is 43.3 Å². The molecule has 1 heterocycles. The Morgan fingerprint density at radius 1 is 1.31 bits per heavy atom. The fraction of sp³-hybridized carbons (Fsp3) is 0.105. The third-order valence-electron chi connectivity index (χ3n) is 3.73. The van der Waals surface area contributed by atoms with Crippen molar-refractivity contribution in [2.45, 2.75) is 13.3 Å². The van der Waals surface area contributed by atoms with E-state index in [2.05, 4.69) is 26.1 Å². The fourth-order valence-electron chi connectivity index (χ4n) is 2.39. The average molecular weight is 414 g/mol. The predicted octanol–water partition coefficient (Wildman–Crippen LogP) is 4.23. The van der Waals surface area contributed by atoms with Crippen molar-refractivity contribution in [3.63, 3.8) is 0 Å². The van der Waals surface area contributed by atoms with Crippen molar-refractivity contribution in [2.24, 2.45) is 0 Å². The lowest BCUT2D eigenvalue weighted by atomic mass is 10.1.